The summed E-state index contributed by atoms with van der Waals surface area (Å²) in [5, 5.41) is 3.05. The van der Waals surface area contributed by atoms with Gasteiger partial charge in [-0.1, -0.05) is 23.8 Å². The molecular weight excluding hydrogens is 324 g/mol. The first kappa shape index (κ1) is 18.2. The summed E-state index contributed by atoms with van der Waals surface area (Å²) in [6.45, 7) is 10.5. The normalized spacial score (nSPS) is 16.9. The number of hydrogen-bond donors (Lipinski definition) is 1. The zero-order chi connectivity index (χ0) is 19.0. The van der Waals surface area contributed by atoms with Gasteiger partial charge in [0.15, 0.2) is 0 Å². The number of rotatable bonds is 3. The van der Waals surface area contributed by atoms with Crippen LogP contribution >= 0.6 is 0 Å². The summed E-state index contributed by atoms with van der Waals surface area (Å²) < 4.78 is 0. The van der Waals surface area contributed by atoms with E-state index in [9.17, 15) is 9.59 Å². The van der Waals surface area contributed by atoms with Crippen molar-refractivity contribution in [1.82, 2.24) is 0 Å². The summed E-state index contributed by atoms with van der Waals surface area (Å²) in [7, 11) is 0. The highest BCUT2D eigenvalue weighted by atomic mass is 16.2. The Bertz CT molecular complexity index is 842. The Morgan fingerprint density at radius 3 is 2.04 bits per heavy atom. The molecule has 1 aliphatic heterocycles. The van der Waals surface area contributed by atoms with Gasteiger partial charge in [0.1, 0.15) is 0 Å². The van der Waals surface area contributed by atoms with Gasteiger partial charge in [0.05, 0.1) is 5.92 Å². The molecule has 1 heterocycles. The van der Waals surface area contributed by atoms with Crippen molar-refractivity contribution in [2.45, 2.75) is 41.0 Å². The standard InChI is InChI=1S/C22H26N2O2/c1-13-6-14(2)10-19(9-13)24-12-18(11-20(24)25)22(26)23-21-16(4)7-15(3)8-17(21)5/h6-10,18H,11-12H2,1-5H3,(H,23,26). The van der Waals surface area contributed by atoms with Crippen LogP contribution in [0.2, 0.25) is 0 Å². The van der Waals surface area contributed by atoms with Crippen molar-refractivity contribution in [3.05, 3.63) is 58.1 Å². The van der Waals surface area contributed by atoms with Crippen molar-refractivity contribution in [2.75, 3.05) is 16.8 Å². The summed E-state index contributed by atoms with van der Waals surface area (Å²) >= 11 is 0. The Kier molecular flexibility index (Phi) is 4.86. The van der Waals surface area contributed by atoms with E-state index in [0.29, 0.717) is 6.54 Å². The maximum Gasteiger partial charge on any atom is 0.229 e. The third-order valence-corrected chi connectivity index (χ3v) is 4.94. The fourth-order valence-electron chi connectivity index (χ4n) is 3.84. The van der Waals surface area contributed by atoms with Crippen LogP contribution in [0.3, 0.4) is 0 Å². The predicted molar refractivity (Wildman–Crippen MR) is 106 cm³/mol. The van der Waals surface area contributed by atoms with Crippen molar-refractivity contribution >= 4 is 23.2 Å². The van der Waals surface area contributed by atoms with Crippen LogP contribution < -0.4 is 10.2 Å². The Hall–Kier alpha value is -2.62. The summed E-state index contributed by atoms with van der Waals surface area (Å²) in [5.41, 5.74) is 7.24. The number of nitrogens with zero attached hydrogens (tertiary/aromatic N) is 1. The molecular formula is C22H26N2O2. The van der Waals surface area contributed by atoms with Crippen LogP contribution in [0.25, 0.3) is 0 Å². The van der Waals surface area contributed by atoms with E-state index >= 15 is 0 Å². The third-order valence-electron chi connectivity index (χ3n) is 4.94. The molecule has 136 valence electrons. The Labute approximate surface area is 155 Å². The van der Waals surface area contributed by atoms with Crippen LogP contribution in [-0.2, 0) is 9.59 Å². The fourth-order valence-corrected chi connectivity index (χ4v) is 3.84. The zero-order valence-corrected chi connectivity index (χ0v) is 16.1. The Balaban J connectivity index is 1.77. The lowest BCUT2D eigenvalue weighted by Gasteiger charge is -2.19. The van der Waals surface area contributed by atoms with Crippen LogP contribution in [-0.4, -0.2) is 18.4 Å². The van der Waals surface area contributed by atoms with E-state index < -0.39 is 0 Å². The number of aryl methyl sites for hydroxylation is 5. The minimum absolute atomic E-state index is 0.00694. The van der Waals surface area contributed by atoms with Crippen molar-refractivity contribution < 1.29 is 9.59 Å². The minimum atomic E-state index is -0.330. The van der Waals surface area contributed by atoms with Gasteiger partial charge in [0, 0.05) is 24.3 Å². The summed E-state index contributed by atoms with van der Waals surface area (Å²) in [6, 6.07) is 10.2. The number of amides is 2. The number of anilines is 2. The molecule has 2 aromatic rings. The smallest absolute Gasteiger partial charge is 0.229 e. The number of carbonyl (C=O) groups is 2. The monoisotopic (exact) mass is 350 g/mol. The molecule has 1 saturated heterocycles. The second-order valence-electron chi connectivity index (χ2n) is 7.51. The largest absolute Gasteiger partial charge is 0.325 e. The van der Waals surface area contributed by atoms with Gasteiger partial charge in [0.25, 0.3) is 0 Å². The second-order valence-corrected chi connectivity index (χ2v) is 7.51. The molecule has 4 nitrogen and oxygen atoms in total. The lowest BCUT2D eigenvalue weighted by atomic mass is 10.0. The lowest BCUT2D eigenvalue weighted by Crippen LogP contribution is -2.28. The van der Waals surface area contributed by atoms with Gasteiger partial charge in [0.2, 0.25) is 11.8 Å². The molecule has 0 aromatic heterocycles. The van der Waals surface area contributed by atoms with Crippen molar-refractivity contribution in [3.8, 4) is 0 Å². The lowest BCUT2D eigenvalue weighted by molar-refractivity contribution is -0.122. The van der Waals surface area contributed by atoms with Gasteiger partial charge >= 0.3 is 0 Å². The molecule has 26 heavy (non-hydrogen) atoms. The molecule has 0 saturated carbocycles. The molecule has 1 unspecified atom stereocenters. The van der Waals surface area contributed by atoms with Crippen LogP contribution in [0.15, 0.2) is 30.3 Å². The number of hydrogen-bond acceptors (Lipinski definition) is 2. The van der Waals surface area contributed by atoms with E-state index in [4.69, 9.17) is 0 Å². The first-order valence-electron chi connectivity index (χ1n) is 9.02. The fraction of sp³-hybridized carbons (Fsp3) is 0.364. The van der Waals surface area contributed by atoms with Gasteiger partial charge in [-0.2, -0.15) is 0 Å². The van der Waals surface area contributed by atoms with Gasteiger partial charge in [-0.15, -0.1) is 0 Å². The topological polar surface area (TPSA) is 49.4 Å². The van der Waals surface area contributed by atoms with E-state index in [2.05, 4.69) is 23.5 Å². The highest BCUT2D eigenvalue weighted by molar-refractivity contribution is 6.04. The molecule has 1 aliphatic rings. The van der Waals surface area contributed by atoms with Gasteiger partial charge in [-0.25, -0.2) is 0 Å². The summed E-state index contributed by atoms with van der Waals surface area (Å²) in [4.78, 5) is 27.0. The second kappa shape index (κ2) is 6.94. The molecule has 1 N–H and O–H groups in total. The predicted octanol–water partition coefficient (Wildman–Crippen LogP) is 4.22. The van der Waals surface area contributed by atoms with Crippen LogP contribution in [0.5, 0.6) is 0 Å². The average molecular weight is 350 g/mol. The van der Waals surface area contributed by atoms with E-state index in [1.54, 1.807) is 4.90 Å². The van der Waals surface area contributed by atoms with Crippen LogP contribution in [0, 0.1) is 40.5 Å². The molecule has 0 aliphatic carbocycles. The first-order chi connectivity index (χ1) is 12.2. The first-order valence-corrected chi connectivity index (χ1v) is 9.02. The molecule has 2 amide bonds. The highest BCUT2D eigenvalue weighted by Crippen LogP contribution is 2.29. The van der Waals surface area contributed by atoms with Gasteiger partial charge in [-0.3, -0.25) is 9.59 Å². The van der Waals surface area contributed by atoms with Crippen molar-refractivity contribution in [2.24, 2.45) is 5.92 Å². The molecule has 0 radical (unpaired) electrons. The van der Waals surface area contributed by atoms with Crippen molar-refractivity contribution in [3.63, 3.8) is 0 Å². The zero-order valence-electron chi connectivity index (χ0n) is 16.1. The molecule has 1 fully saturated rings. The molecule has 4 heteroatoms. The Morgan fingerprint density at radius 2 is 1.46 bits per heavy atom. The summed E-state index contributed by atoms with van der Waals surface area (Å²) in [5.74, 6) is -0.406. The minimum Gasteiger partial charge on any atom is -0.325 e. The number of benzene rings is 2. The molecule has 1 atom stereocenters. The van der Waals surface area contributed by atoms with Crippen molar-refractivity contribution in [1.29, 1.82) is 0 Å². The van der Waals surface area contributed by atoms with E-state index in [-0.39, 0.29) is 24.2 Å². The van der Waals surface area contributed by atoms with E-state index in [0.717, 1.165) is 33.6 Å². The number of nitrogens with one attached hydrogen (secondary N) is 1. The molecule has 0 bridgehead atoms. The molecule has 0 spiro atoms. The maximum absolute atomic E-state index is 12.8. The van der Waals surface area contributed by atoms with Gasteiger partial charge in [-0.05, 0) is 69.0 Å². The summed E-state index contributed by atoms with van der Waals surface area (Å²) in [6.07, 6.45) is 0.253. The quantitative estimate of drug-likeness (QED) is 0.901. The van der Waals surface area contributed by atoms with E-state index in [1.807, 2.05) is 46.8 Å². The SMILES string of the molecule is Cc1cc(C)cc(N2CC(C(=O)Nc3c(C)cc(C)cc3C)CC2=O)c1. The van der Waals surface area contributed by atoms with Crippen LogP contribution in [0.4, 0.5) is 11.4 Å². The maximum atomic E-state index is 12.8. The Morgan fingerprint density at radius 1 is 0.923 bits per heavy atom. The van der Waals surface area contributed by atoms with E-state index in [1.165, 1.54) is 5.56 Å². The third kappa shape index (κ3) is 3.64. The average Bonchev–Trinajstić information content (AvgIpc) is 2.91. The number of carbonyl (C=O) groups excluding carboxylic acids is 2. The highest BCUT2D eigenvalue weighted by Gasteiger charge is 2.35. The molecule has 3 rings (SSSR count). The van der Waals surface area contributed by atoms with Crippen LogP contribution in [0.1, 0.15) is 34.2 Å². The van der Waals surface area contributed by atoms with Gasteiger partial charge < -0.3 is 10.2 Å². The molecule has 2 aromatic carbocycles.